The third-order valence-electron chi connectivity index (χ3n) is 3.71. The number of carboxylic acid groups (broad SMARTS) is 1. The summed E-state index contributed by atoms with van der Waals surface area (Å²) in [5.41, 5.74) is 1.74. The van der Waals surface area contributed by atoms with Crippen molar-refractivity contribution >= 4 is 11.5 Å². The Labute approximate surface area is 147 Å². The maximum Gasteiger partial charge on any atom is 0.337 e. The van der Waals surface area contributed by atoms with Gasteiger partial charge in [-0.05, 0) is 24.1 Å². The van der Waals surface area contributed by atoms with Crippen LogP contribution in [0.3, 0.4) is 0 Å². The summed E-state index contributed by atoms with van der Waals surface area (Å²) in [5, 5.41) is 18.9. The standard InChI is InChI=1S/C20H23NO4/c1-2-3-5-10-17(20(23)24)19-18(12-11-16(13-22)21-19)25-14-15-8-6-4-7-9-15/h4,6-12,22H,2-3,5,13-14H2,1H3,(H,23,24). The summed E-state index contributed by atoms with van der Waals surface area (Å²) in [7, 11) is 0. The number of aliphatic hydroxyl groups excluding tert-OH is 1. The van der Waals surface area contributed by atoms with Gasteiger partial charge in [-0.1, -0.05) is 56.2 Å². The first kappa shape index (κ1) is 18.7. The van der Waals surface area contributed by atoms with Crippen molar-refractivity contribution in [2.24, 2.45) is 0 Å². The second kappa shape index (κ2) is 9.59. The number of carboxylic acids is 1. The van der Waals surface area contributed by atoms with Crippen LogP contribution < -0.4 is 4.74 Å². The Morgan fingerprint density at radius 3 is 2.60 bits per heavy atom. The van der Waals surface area contributed by atoms with Gasteiger partial charge in [-0.15, -0.1) is 0 Å². The van der Waals surface area contributed by atoms with E-state index in [-0.39, 0.29) is 17.9 Å². The van der Waals surface area contributed by atoms with Gasteiger partial charge in [-0.2, -0.15) is 0 Å². The van der Waals surface area contributed by atoms with Crippen LogP contribution in [-0.4, -0.2) is 21.2 Å². The number of rotatable bonds is 9. The number of hydrogen-bond acceptors (Lipinski definition) is 4. The van der Waals surface area contributed by atoms with Crippen molar-refractivity contribution in [1.82, 2.24) is 4.98 Å². The lowest BCUT2D eigenvalue weighted by Gasteiger charge is -2.13. The molecule has 25 heavy (non-hydrogen) atoms. The van der Waals surface area contributed by atoms with E-state index in [2.05, 4.69) is 4.98 Å². The summed E-state index contributed by atoms with van der Waals surface area (Å²) in [6, 6.07) is 12.9. The van der Waals surface area contributed by atoms with E-state index in [1.807, 2.05) is 37.3 Å². The fourth-order valence-electron chi connectivity index (χ4n) is 2.36. The molecule has 1 aromatic heterocycles. The Bertz CT molecular complexity index is 726. The highest BCUT2D eigenvalue weighted by atomic mass is 16.5. The van der Waals surface area contributed by atoms with E-state index >= 15 is 0 Å². The molecule has 132 valence electrons. The van der Waals surface area contributed by atoms with Gasteiger partial charge in [0.15, 0.2) is 0 Å². The number of unbranched alkanes of at least 4 members (excludes halogenated alkanes) is 2. The van der Waals surface area contributed by atoms with Crippen LogP contribution in [0.15, 0.2) is 48.5 Å². The van der Waals surface area contributed by atoms with Crippen LogP contribution in [0.1, 0.15) is 43.1 Å². The molecule has 5 nitrogen and oxygen atoms in total. The third-order valence-corrected chi connectivity index (χ3v) is 3.71. The molecule has 0 amide bonds. The van der Waals surface area contributed by atoms with Gasteiger partial charge < -0.3 is 14.9 Å². The smallest absolute Gasteiger partial charge is 0.337 e. The molecule has 0 bridgehead atoms. The molecule has 1 aromatic carbocycles. The first-order valence-corrected chi connectivity index (χ1v) is 8.37. The zero-order chi connectivity index (χ0) is 18.1. The highest BCUT2D eigenvalue weighted by molar-refractivity contribution is 6.15. The van der Waals surface area contributed by atoms with Gasteiger partial charge in [0.1, 0.15) is 18.1 Å². The summed E-state index contributed by atoms with van der Waals surface area (Å²) in [4.78, 5) is 16.0. The Morgan fingerprint density at radius 2 is 1.96 bits per heavy atom. The number of allylic oxidation sites excluding steroid dienone is 1. The van der Waals surface area contributed by atoms with Crippen LogP contribution in [-0.2, 0) is 18.0 Å². The van der Waals surface area contributed by atoms with Crippen LogP contribution in [0.5, 0.6) is 5.75 Å². The second-order valence-corrected chi connectivity index (χ2v) is 5.65. The zero-order valence-electron chi connectivity index (χ0n) is 14.3. The summed E-state index contributed by atoms with van der Waals surface area (Å²) in [6.45, 7) is 2.11. The van der Waals surface area contributed by atoms with Crippen LogP contribution in [0.4, 0.5) is 0 Å². The molecular weight excluding hydrogens is 318 g/mol. The molecule has 1 heterocycles. The molecule has 0 saturated carbocycles. The molecule has 2 aromatic rings. The van der Waals surface area contributed by atoms with Crippen LogP contribution >= 0.6 is 0 Å². The van der Waals surface area contributed by atoms with E-state index in [4.69, 9.17) is 4.74 Å². The fourth-order valence-corrected chi connectivity index (χ4v) is 2.36. The topological polar surface area (TPSA) is 79.7 Å². The van der Waals surface area contributed by atoms with Gasteiger partial charge in [-0.3, -0.25) is 0 Å². The van der Waals surface area contributed by atoms with E-state index in [0.29, 0.717) is 24.5 Å². The molecule has 2 rings (SSSR count). The summed E-state index contributed by atoms with van der Waals surface area (Å²) in [6.07, 6.45) is 4.20. The van der Waals surface area contributed by atoms with Crippen LogP contribution in [0.25, 0.3) is 5.57 Å². The molecule has 0 unspecified atom stereocenters. The van der Waals surface area contributed by atoms with Crippen LogP contribution in [0, 0.1) is 0 Å². The highest BCUT2D eigenvalue weighted by Gasteiger charge is 2.18. The van der Waals surface area contributed by atoms with Gasteiger partial charge in [0.2, 0.25) is 0 Å². The number of carbonyl (C=O) groups is 1. The molecule has 5 heteroatoms. The molecule has 0 spiro atoms. The number of aromatic nitrogens is 1. The summed E-state index contributed by atoms with van der Waals surface area (Å²) < 4.78 is 5.81. The first-order valence-electron chi connectivity index (χ1n) is 8.37. The van der Waals surface area contributed by atoms with Crippen molar-refractivity contribution in [2.75, 3.05) is 0 Å². The van der Waals surface area contributed by atoms with E-state index in [9.17, 15) is 15.0 Å². The van der Waals surface area contributed by atoms with Gasteiger partial charge >= 0.3 is 5.97 Å². The number of pyridine rings is 1. The summed E-state index contributed by atoms with van der Waals surface area (Å²) >= 11 is 0. The monoisotopic (exact) mass is 341 g/mol. The van der Waals surface area contributed by atoms with Gasteiger partial charge in [0.25, 0.3) is 0 Å². The number of hydrogen-bond donors (Lipinski definition) is 2. The number of benzene rings is 1. The van der Waals surface area contributed by atoms with Gasteiger partial charge in [0.05, 0.1) is 17.9 Å². The molecule has 0 atom stereocenters. The minimum Gasteiger partial charge on any atom is -0.487 e. The molecular formula is C20H23NO4. The van der Waals surface area contributed by atoms with E-state index in [1.54, 1.807) is 18.2 Å². The largest absolute Gasteiger partial charge is 0.487 e. The minimum absolute atomic E-state index is 0.104. The van der Waals surface area contributed by atoms with Crippen LogP contribution in [0.2, 0.25) is 0 Å². The SMILES string of the molecule is CCCCC=C(C(=O)O)c1nc(CO)ccc1OCc1ccccc1. The first-order chi connectivity index (χ1) is 12.2. The molecule has 0 aliphatic carbocycles. The molecule has 0 aliphatic heterocycles. The number of nitrogens with zero attached hydrogens (tertiary/aromatic N) is 1. The van der Waals surface area contributed by atoms with E-state index in [0.717, 1.165) is 18.4 Å². The maximum absolute atomic E-state index is 11.7. The minimum atomic E-state index is -1.05. The average Bonchev–Trinajstić information content (AvgIpc) is 2.64. The zero-order valence-corrected chi connectivity index (χ0v) is 14.3. The van der Waals surface area contributed by atoms with Crippen molar-refractivity contribution in [1.29, 1.82) is 0 Å². The normalized spacial score (nSPS) is 11.4. The van der Waals surface area contributed by atoms with Crippen molar-refractivity contribution in [3.05, 3.63) is 65.5 Å². The van der Waals surface area contributed by atoms with Gasteiger partial charge in [0, 0.05) is 0 Å². The molecule has 0 fully saturated rings. The van der Waals surface area contributed by atoms with Crippen molar-refractivity contribution in [3.63, 3.8) is 0 Å². The number of aliphatic hydroxyl groups is 1. The molecule has 0 aliphatic rings. The average molecular weight is 341 g/mol. The van der Waals surface area contributed by atoms with Crippen molar-refractivity contribution < 1.29 is 19.7 Å². The predicted molar refractivity (Wildman–Crippen MR) is 96.1 cm³/mol. The molecule has 2 N–H and O–H groups in total. The number of aliphatic carboxylic acids is 1. The maximum atomic E-state index is 11.7. The number of ether oxygens (including phenoxy) is 1. The Hall–Kier alpha value is -2.66. The lowest BCUT2D eigenvalue weighted by Crippen LogP contribution is -2.07. The fraction of sp³-hybridized carbons (Fsp3) is 0.300. The highest BCUT2D eigenvalue weighted by Crippen LogP contribution is 2.27. The third kappa shape index (κ3) is 5.43. The summed E-state index contributed by atoms with van der Waals surface area (Å²) in [5.74, 6) is -0.658. The molecule has 0 saturated heterocycles. The van der Waals surface area contributed by atoms with E-state index in [1.165, 1.54) is 0 Å². The van der Waals surface area contributed by atoms with Crippen molar-refractivity contribution in [2.45, 2.75) is 39.4 Å². The lowest BCUT2D eigenvalue weighted by atomic mass is 10.1. The predicted octanol–water partition coefficient (Wildman–Crippen LogP) is 3.81. The van der Waals surface area contributed by atoms with E-state index < -0.39 is 5.97 Å². The quantitative estimate of drug-likeness (QED) is 0.535. The Kier molecular flexibility index (Phi) is 7.16. The molecule has 0 radical (unpaired) electrons. The second-order valence-electron chi connectivity index (χ2n) is 5.65. The Balaban J connectivity index is 2.32. The lowest BCUT2D eigenvalue weighted by molar-refractivity contribution is -0.130. The van der Waals surface area contributed by atoms with Gasteiger partial charge in [-0.25, -0.2) is 9.78 Å². The Morgan fingerprint density at radius 1 is 1.20 bits per heavy atom. The van der Waals surface area contributed by atoms with Crippen molar-refractivity contribution in [3.8, 4) is 5.75 Å².